The molecule has 0 bridgehead atoms. The number of Topliss-reactive ketones (excluding diaryl/α,β-unsaturated/α-hetero) is 1. The van der Waals surface area contributed by atoms with E-state index in [9.17, 15) is 9.59 Å². The highest BCUT2D eigenvalue weighted by Gasteiger charge is 2.11. The van der Waals surface area contributed by atoms with Gasteiger partial charge in [-0.15, -0.1) is 10.2 Å². The third-order valence-corrected chi connectivity index (χ3v) is 3.52. The molecule has 120 valence electrons. The van der Waals surface area contributed by atoms with Crippen LogP contribution in [0.15, 0.2) is 36.4 Å². The van der Waals surface area contributed by atoms with Crippen molar-refractivity contribution < 1.29 is 9.59 Å². The predicted molar refractivity (Wildman–Crippen MR) is 90.0 cm³/mol. The summed E-state index contributed by atoms with van der Waals surface area (Å²) in [6, 6.07) is 10.2. The Morgan fingerprint density at radius 2 is 1.65 bits per heavy atom. The van der Waals surface area contributed by atoms with Crippen molar-refractivity contribution in [3.8, 4) is 0 Å². The molecule has 0 aliphatic rings. The fraction of sp³-hybridized carbons (Fsp3) is 0.294. The summed E-state index contributed by atoms with van der Waals surface area (Å²) in [6.45, 7) is 7.24. The molecule has 1 amide bonds. The predicted octanol–water partition coefficient (Wildman–Crippen LogP) is 2.78. The van der Waals surface area contributed by atoms with E-state index in [0.717, 1.165) is 18.9 Å². The van der Waals surface area contributed by atoms with Gasteiger partial charge in [0.2, 0.25) is 0 Å². The molecule has 0 spiro atoms. The number of rotatable bonds is 6. The van der Waals surface area contributed by atoms with E-state index in [1.807, 2.05) is 13.8 Å². The van der Waals surface area contributed by atoms with E-state index in [4.69, 9.17) is 0 Å². The lowest BCUT2D eigenvalue weighted by Gasteiger charge is -2.18. The summed E-state index contributed by atoms with van der Waals surface area (Å²) in [4.78, 5) is 25.4. The molecule has 0 saturated carbocycles. The molecule has 0 unspecified atom stereocenters. The molecular formula is C17H20N4O2. The zero-order chi connectivity index (χ0) is 16.8. The molecule has 6 nitrogen and oxygen atoms in total. The first-order valence-electron chi connectivity index (χ1n) is 7.56. The van der Waals surface area contributed by atoms with Crippen molar-refractivity contribution in [2.45, 2.75) is 20.8 Å². The lowest BCUT2D eigenvalue weighted by atomic mass is 10.1. The van der Waals surface area contributed by atoms with E-state index in [1.165, 1.54) is 6.92 Å². The van der Waals surface area contributed by atoms with Crippen molar-refractivity contribution in [2.24, 2.45) is 0 Å². The molecule has 1 heterocycles. The van der Waals surface area contributed by atoms with Gasteiger partial charge in [0.25, 0.3) is 5.91 Å². The van der Waals surface area contributed by atoms with Crippen molar-refractivity contribution in [3.63, 3.8) is 0 Å². The minimum atomic E-state index is -0.334. The second kappa shape index (κ2) is 7.49. The zero-order valence-electron chi connectivity index (χ0n) is 13.5. The highest BCUT2D eigenvalue weighted by Crippen LogP contribution is 2.13. The Labute approximate surface area is 135 Å². The summed E-state index contributed by atoms with van der Waals surface area (Å²) in [7, 11) is 0. The van der Waals surface area contributed by atoms with Gasteiger partial charge in [-0.05, 0) is 57.2 Å². The Morgan fingerprint density at radius 3 is 2.13 bits per heavy atom. The standard InChI is InChI=1S/C17H20N4O2/c1-4-21(5-2)16-11-10-15(19-20-16)17(23)18-14-8-6-13(7-9-14)12(3)22/h6-11H,4-5H2,1-3H3,(H,18,23). The van der Waals surface area contributed by atoms with Gasteiger partial charge >= 0.3 is 0 Å². The fourth-order valence-corrected chi connectivity index (χ4v) is 2.15. The van der Waals surface area contributed by atoms with Crippen LogP contribution < -0.4 is 10.2 Å². The summed E-state index contributed by atoms with van der Waals surface area (Å²) in [5, 5.41) is 10.8. The van der Waals surface area contributed by atoms with Crippen molar-refractivity contribution in [3.05, 3.63) is 47.7 Å². The van der Waals surface area contributed by atoms with Gasteiger partial charge in [0.05, 0.1) is 0 Å². The maximum Gasteiger partial charge on any atom is 0.276 e. The van der Waals surface area contributed by atoms with Gasteiger partial charge in [-0.25, -0.2) is 0 Å². The van der Waals surface area contributed by atoms with Gasteiger partial charge in [-0.1, -0.05) is 0 Å². The van der Waals surface area contributed by atoms with Crippen molar-refractivity contribution in [1.29, 1.82) is 0 Å². The van der Waals surface area contributed by atoms with Crippen LogP contribution in [-0.2, 0) is 0 Å². The van der Waals surface area contributed by atoms with Crippen LogP contribution in [0.1, 0.15) is 41.6 Å². The van der Waals surface area contributed by atoms with Gasteiger partial charge in [-0.2, -0.15) is 0 Å². The Hall–Kier alpha value is -2.76. The van der Waals surface area contributed by atoms with Crippen LogP contribution in [0.3, 0.4) is 0 Å². The van der Waals surface area contributed by atoms with Crippen LogP contribution in [0.5, 0.6) is 0 Å². The molecular weight excluding hydrogens is 292 g/mol. The number of amides is 1. The summed E-state index contributed by atoms with van der Waals surface area (Å²) in [6.07, 6.45) is 0. The Morgan fingerprint density at radius 1 is 1.00 bits per heavy atom. The molecule has 0 aliphatic heterocycles. The average Bonchev–Trinajstić information content (AvgIpc) is 2.57. The number of anilines is 2. The van der Waals surface area contributed by atoms with E-state index >= 15 is 0 Å². The van der Waals surface area contributed by atoms with Crippen LogP contribution in [0.2, 0.25) is 0 Å². The molecule has 0 fully saturated rings. The van der Waals surface area contributed by atoms with E-state index in [-0.39, 0.29) is 17.4 Å². The lowest BCUT2D eigenvalue weighted by Crippen LogP contribution is -2.24. The Kier molecular flexibility index (Phi) is 5.41. The Balaban J connectivity index is 2.07. The molecule has 0 aliphatic carbocycles. The highest BCUT2D eigenvalue weighted by molar-refractivity contribution is 6.03. The maximum absolute atomic E-state index is 12.2. The van der Waals surface area contributed by atoms with Gasteiger partial charge < -0.3 is 10.2 Å². The SMILES string of the molecule is CCN(CC)c1ccc(C(=O)Nc2ccc(C(C)=O)cc2)nn1. The number of nitrogens with zero attached hydrogens (tertiary/aromatic N) is 3. The van der Waals surface area contributed by atoms with Crippen LogP contribution in [0, 0.1) is 0 Å². The topological polar surface area (TPSA) is 75.2 Å². The molecule has 0 saturated heterocycles. The third-order valence-electron chi connectivity index (χ3n) is 3.52. The monoisotopic (exact) mass is 312 g/mol. The van der Waals surface area contributed by atoms with Crippen molar-refractivity contribution >= 4 is 23.2 Å². The molecule has 23 heavy (non-hydrogen) atoms. The number of hydrogen-bond donors (Lipinski definition) is 1. The third kappa shape index (κ3) is 4.12. The van der Waals surface area contributed by atoms with Gasteiger partial charge in [0.1, 0.15) is 0 Å². The fourth-order valence-electron chi connectivity index (χ4n) is 2.15. The number of benzene rings is 1. The number of carbonyl (C=O) groups is 2. The molecule has 1 aromatic carbocycles. The smallest absolute Gasteiger partial charge is 0.276 e. The first-order valence-corrected chi connectivity index (χ1v) is 7.56. The number of nitrogens with one attached hydrogen (secondary N) is 1. The molecule has 2 aromatic rings. The first kappa shape index (κ1) is 16.6. The number of carbonyl (C=O) groups excluding carboxylic acids is 2. The summed E-state index contributed by atoms with van der Waals surface area (Å²) in [5.41, 5.74) is 1.46. The van der Waals surface area contributed by atoms with E-state index in [0.29, 0.717) is 11.3 Å². The molecule has 0 atom stereocenters. The second-order valence-corrected chi connectivity index (χ2v) is 5.04. The van der Waals surface area contributed by atoms with Crippen molar-refractivity contribution in [2.75, 3.05) is 23.3 Å². The molecule has 0 radical (unpaired) electrons. The minimum Gasteiger partial charge on any atom is -0.356 e. The van der Waals surface area contributed by atoms with Gasteiger partial charge in [-0.3, -0.25) is 9.59 Å². The quantitative estimate of drug-likeness (QED) is 0.830. The highest BCUT2D eigenvalue weighted by atomic mass is 16.2. The molecule has 6 heteroatoms. The summed E-state index contributed by atoms with van der Waals surface area (Å²) in [5.74, 6) is 0.400. The number of ketones is 1. The van der Waals surface area contributed by atoms with Gasteiger partial charge in [0.15, 0.2) is 17.3 Å². The second-order valence-electron chi connectivity index (χ2n) is 5.04. The molecule has 1 N–H and O–H groups in total. The first-order chi connectivity index (χ1) is 11.0. The van der Waals surface area contributed by atoms with E-state index in [1.54, 1.807) is 36.4 Å². The van der Waals surface area contributed by atoms with Gasteiger partial charge in [0, 0.05) is 24.3 Å². The lowest BCUT2D eigenvalue weighted by molar-refractivity contribution is 0.101. The summed E-state index contributed by atoms with van der Waals surface area (Å²) < 4.78 is 0. The normalized spacial score (nSPS) is 10.2. The van der Waals surface area contributed by atoms with E-state index in [2.05, 4.69) is 20.4 Å². The zero-order valence-corrected chi connectivity index (χ0v) is 13.5. The molecule has 1 aromatic heterocycles. The maximum atomic E-state index is 12.2. The van der Waals surface area contributed by atoms with Crippen molar-refractivity contribution in [1.82, 2.24) is 10.2 Å². The van der Waals surface area contributed by atoms with Crippen LogP contribution in [-0.4, -0.2) is 35.0 Å². The summed E-state index contributed by atoms with van der Waals surface area (Å²) >= 11 is 0. The Bertz CT molecular complexity index is 677. The largest absolute Gasteiger partial charge is 0.356 e. The minimum absolute atomic E-state index is 0.0132. The van der Waals surface area contributed by atoms with E-state index < -0.39 is 0 Å². The van der Waals surface area contributed by atoms with Crippen LogP contribution in [0.4, 0.5) is 11.5 Å². The molecule has 2 rings (SSSR count). The average molecular weight is 312 g/mol. The van der Waals surface area contributed by atoms with Crippen LogP contribution >= 0.6 is 0 Å². The number of aromatic nitrogens is 2. The number of hydrogen-bond acceptors (Lipinski definition) is 5. The van der Waals surface area contributed by atoms with Crippen LogP contribution in [0.25, 0.3) is 0 Å².